The third-order valence-electron chi connectivity index (χ3n) is 3.30. The van der Waals surface area contributed by atoms with Gasteiger partial charge in [0, 0.05) is 32.7 Å². The lowest BCUT2D eigenvalue weighted by atomic mass is 10.0. The van der Waals surface area contributed by atoms with Crippen molar-refractivity contribution in [2.45, 2.75) is 39.3 Å². The van der Waals surface area contributed by atoms with Gasteiger partial charge in [-0.25, -0.2) is 0 Å². The minimum atomic E-state index is -0.445. The summed E-state index contributed by atoms with van der Waals surface area (Å²) in [6.07, 6.45) is 0.211. The molecule has 5 nitrogen and oxygen atoms in total. The van der Waals surface area contributed by atoms with Gasteiger partial charge < -0.3 is 15.4 Å². The molecule has 0 radical (unpaired) electrons. The van der Waals surface area contributed by atoms with E-state index in [9.17, 15) is 4.79 Å². The Labute approximate surface area is 110 Å². The van der Waals surface area contributed by atoms with Gasteiger partial charge in [0.05, 0.1) is 18.2 Å². The fourth-order valence-electron chi connectivity index (χ4n) is 2.04. The Morgan fingerprint density at radius 2 is 2.00 bits per heavy atom. The summed E-state index contributed by atoms with van der Waals surface area (Å²) in [5.74, 6) is 0.0803. The van der Waals surface area contributed by atoms with Crippen LogP contribution in [-0.2, 0) is 9.53 Å². The van der Waals surface area contributed by atoms with Crippen LogP contribution in [0.1, 0.15) is 27.7 Å². The Morgan fingerprint density at radius 1 is 1.39 bits per heavy atom. The van der Waals surface area contributed by atoms with Crippen LogP contribution in [0, 0.1) is 0 Å². The molecule has 106 valence electrons. The van der Waals surface area contributed by atoms with Crippen molar-refractivity contribution in [1.29, 1.82) is 0 Å². The summed E-state index contributed by atoms with van der Waals surface area (Å²) in [7, 11) is 0. The number of ether oxygens (including phenoxy) is 1. The highest BCUT2D eigenvalue weighted by Crippen LogP contribution is 2.14. The fourth-order valence-corrected chi connectivity index (χ4v) is 2.04. The minimum Gasteiger partial charge on any atom is -0.377 e. The first-order chi connectivity index (χ1) is 8.44. The van der Waals surface area contributed by atoms with Crippen molar-refractivity contribution in [3.8, 4) is 0 Å². The summed E-state index contributed by atoms with van der Waals surface area (Å²) < 4.78 is 5.41. The SMILES string of the molecule is CC(C)OCCNC(=O)C(C)(C)N1CCNCC1. The van der Waals surface area contributed by atoms with Gasteiger partial charge in [0.15, 0.2) is 0 Å². The topological polar surface area (TPSA) is 53.6 Å². The first-order valence-electron chi connectivity index (χ1n) is 6.80. The Balaban J connectivity index is 2.33. The zero-order chi connectivity index (χ0) is 13.6. The summed E-state index contributed by atoms with van der Waals surface area (Å²) in [5.41, 5.74) is -0.445. The van der Waals surface area contributed by atoms with Gasteiger partial charge >= 0.3 is 0 Å². The molecule has 0 bridgehead atoms. The molecule has 0 atom stereocenters. The molecular weight excluding hydrogens is 230 g/mol. The predicted octanol–water partition coefficient (Wildman–Crippen LogP) is 0.211. The Morgan fingerprint density at radius 3 is 2.56 bits per heavy atom. The highest BCUT2D eigenvalue weighted by atomic mass is 16.5. The van der Waals surface area contributed by atoms with Crippen molar-refractivity contribution in [3.63, 3.8) is 0 Å². The molecule has 0 saturated carbocycles. The van der Waals surface area contributed by atoms with E-state index in [4.69, 9.17) is 4.74 Å². The van der Waals surface area contributed by atoms with Crippen molar-refractivity contribution in [3.05, 3.63) is 0 Å². The number of amides is 1. The first-order valence-corrected chi connectivity index (χ1v) is 6.80. The molecule has 1 saturated heterocycles. The zero-order valence-electron chi connectivity index (χ0n) is 12.1. The average molecular weight is 257 g/mol. The highest BCUT2D eigenvalue weighted by Gasteiger charge is 2.34. The number of nitrogens with one attached hydrogen (secondary N) is 2. The predicted molar refractivity (Wildman–Crippen MR) is 72.6 cm³/mol. The average Bonchev–Trinajstić information content (AvgIpc) is 2.35. The van der Waals surface area contributed by atoms with E-state index in [2.05, 4.69) is 15.5 Å². The molecular formula is C13H27N3O2. The molecule has 1 rings (SSSR count). The Kier molecular flexibility index (Phi) is 6.05. The van der Waals surface area contributed by atoms with Crippen LogP contribution in [0.2, 0.25) is 0 Å². The molecule has 1 heterocycles. The van der Waals surface area contributed by atoms with E-state index in [1.165, 1.54) is 0 Å². The smallest absolute Gasteiger partial charge is 0.240 e. The normalized spacial score (nSPS) is 18.1. The number of piperazine rings is 1. The standard InChI is InChI=1S/C13H27N3O2/c1-11(2)18-10-7-15-12(17)13(3,4)16-8-5-14-6-9-16/h11,14H,5-10H2,1-4H3,(H,15,17). The number of rotatable bonds is 6. The molecule has 0 aromatic carbocycles. The summed E-state index contributed by atoms with van der Waals surface area (Å²) in [5, 5.41) is 6.25. The van der Waals surface area contributed by atoms with Crippen molar-refractivity contribution >= 4 is 5.91 Å². The van der Waals surface area contributed by atoms with E-state index in [1.807, 2.05) is 27.7 Å². The first kappa shape index (κ1) is 15.4. The van der Waals surface area contributed by atoms with E-state index in [-0.39, 0.29) is 12.0 Å². The molecule has 1 aliphatic rings. The van der Waals surface area contributed by atoms with Gasteiger partial charge in [-0.2, -0.15) is 0 Å². The van der Waals surface area contributed by atoms with Gasteiger partial charge in [-0.3, -0.25) is 9.69 Å². The van der Waals surface area contributed by atoms with Crippen LogP contribution in [0.5, 0.6) is 0 Å². The number of hydrogen-bond acceptors (Lipinski definition) is 4. The molecule has 2 N–H and O–H groups in total. The summed E-state index contributed by atoms with van der Waals surface area (Å²) >= 11 is 0. The Bertz CT molecular complexity index is 261. The summed E-state index contributed by atoms with van der Waals surface area (Å²) in [4.78, 5) is 14.4. The number of carbonyl (C=O) groups is 1. The maximum Gasteiger partial charge on any atom is 0.240 e. The molecule has 5 heteroatoms. The van der Waals surface area contributed by atoms with Crippen LogP contribution >= 0.6 is 0 Å². The van der Waals surface area contributed by atoms with Crippen LogP contribution in [0.15, 0.2) is 0 Å². The number of nitrogens with zero attached hydrogens (tertiary/aromatic N) is 1. The molecule has 1 aliphatic heterocycles. The molecule has 0 spiro atoms. The molecule has 0 aromatic rings. The quantitative estimate of drug-likeness (QED) is 0.668. The van der Waals surface area contributed by atoms with Gasteiger partial charge in [0.1, 0.15) is 0 Å². The summed E-state index contributed by atoms with van der Waals surface area (Å²) in [6, 6.07) is 0. The van der Waals surface area contributed by atoms with E-state index in [0.29, 0.717) is 13.2 Å². The van der Waals surface area contributed by atoms with E-state index < -0.39 is 5.54 Å². The zero-order valence-corrected chi connectivity index (χ0v) is 12.1. The lowest BCUT2D eigenvalue weighted by Crippen LogP contribution is -2.60. The fraction of sp³-hybridized carbons (Fsp3) is 0.923. The van der Waals surface area contributed by atoms with E-state index >= 15 is 0 Å². The van der Waals surface area contributed by atoms with Crippen LogP contribution < -0.4 is 10.6 Å². The maximum atomic E-state index is 12.2. The second-order valence-corrected chi connectivity index (χ2v) is 5.47. The minimum absolute atomic E-state index is 0.0803. The van der Waals surface area contributed by atoms with Crippen molar-refractivity contribution in [2.24, 2.45) is 0 Å². The van der Waals surface area contributed by atoms with Crippen molar-refractivity contribution in [1.82, 2.24) is 15.5 Å². The van der Waals surface area contributed by atoms with Crippen LogP contribution in [-0.4, -0.2) is 61.8 Å². The van der Waals surface area contributed by atoms with E-state index in [0.717, 1.165) is 26.2 Å². The van der Waals surface area contributed by atoms with Gasteiger partial charge in [-0.05, 0) is 27.7 Å². The maximum absolute atomic E-state index is 12.2. The summed E-state index contributed by atoms with van der Waals surface area (Å²) in [6.45, 7) is 12.8. The van der Waals surface area contributed by atoms with Crippen molar-refractivity contribution < 1.29 is 9.53 Å². The number of carbonyl (C=O) groups excluding carboxylic acids is 1. The Hall–Kier alpha value is -0.650. The van der Waals surface area contributed by atoms with E-state index in [1.54, 1.807) is 0 Å². The third kappa shape index (κ3) is 4.55. The molecule has 18 heavy (non-hydrogen) atoms. The number of hydrogen-bond donors (Lipinski definition) is 2. The highest BCUT2D eigenvalue weighted by molar-refractivity contribution is 5.85. The van der Waals surface area contributed by atoms with Gasteiger partial charge in [0.25, 0.3) is 0 Å². The van der Waals surface area contributed by atoms with Gasteiger partial charge in [-0.1, -0.05) is 0 Å². The van der Waals surface area contributed by atoms with Crippen molar-refractivity contribution in [2.75, 3.05) is 39.3 Å². The molecule has 0 unspecified atom stereocenters. The largest absolute Gasteiger partial charge is 0.377 e. The molecule has 0 aliphatic carbocycles. The second kappa shape index (κ2) is 7.07. The van der Waals surface area contributed by atoms with Crippen LogP contribution in [0.3, 0.4) is 0 Å². The lowest BCUT2D eigenvalue weighted by Gasteiger charge is -2.39. The monoisotopic (exact) mass is 257 g/mol. The molecule has 1 fully saturated rings. The lowest BCUT2D eigenvalue weighted by molar-refractivity contribution is -0.132. The van der Waals surface area contributed by atoms with Gasteiger partial charge in [0.2, 0.25) is 5.91 Å². The molecule has 1 amide bonds. The molecule has 0 aromatic heterocycles. The van der Waals surface area contributed by atoms with Crippen LogP contribution in [0.25, 0.3) is 0 Å². The van der Waals surface area contributed by atoms with Gasteiger partial charge in [-0.15, -0.1) is 0 Å². The third-order valence-corrected chi connectivity index (χ3v) is 3.30. The van der Waals surface area contributed by atoms with Crippen LogP contribution in [0.4, 0.5) is 0 Å². The second-order valence-electron chi connectivity index (χ2n) is 5.47.